The summed E-state index contributed by atoms with van der Waals surface area (Å²) < 4.78 is 9.10. The molecule has 0 radical (unpaired) electrons. The molecule has 14 heavy (non-hydrogen) atoms. The summed E-state index contributed by atoms with van der Waals surface area (Å²) in [6.45, 7) is -0.200. The lowest BCUT2D eigenvalue weighted by atomic mass is 10.2. The van der Waals surface area contributed by atoms with Gasteiger partial charge in [-0.1, -0.05) is 0 Å². The summed E-state index contributed by atoms with van der Waals surface area (Å²) in [5, 5.41) is 18.3. The lowest BCUT2D eigenvalue weighted by molar-refractivity contribution is -0.0127. The van der Waals surface area contributed by atoms with Crippen LogP contribution in [-0.4, -0.2) is 30.1 Å². The number of rotatable bonds is 3. The Labute approximate surface area is 80.5 Å². The molecule has 0 spiro atoms. The topological polar surface area (TPSA) is 76.0 Å². The van der Waals surface area contributed by atoms with Crippen LogP contribution in [0.1, 0.15) is 10.4 Å². The van der Waals surface area contributed by atoms with Crippen molar-refractivity contribution in [2.75, 3.05) is 13.9 Å². The SMILES string of the molecule is COCOC(=O)c1cc(O)ccc1O. The zero-order chi connectivity index (χ0) is 10.6. The van der Waals surface area contributed by atoms with Crippen molar-refractivity contribution in [3.63, 3.8) is 0 Å². The molecule has 0 aliphatic rings. The Bertz CT molecular complexity index is 334. The van der Waals surface area contributed by atoms with Gasteiger partial charge in [-0.05, 0) is 18.2 Å². The van der Waals surface area contributed by atoms with Crippen molar-refractivity contribution in [1.82, 2.24) is 0 Å². The van der Waals surface area contributed by atoms with Gasteiger partial charge >= 0.3 is 5.97 Å². The van der Waals surface area contributed by atoms with E-state index in [2.05, 4.69) is 9.47 Å². The van der Waals surface area contributed by atoms with Crippen molar-refractivity contribution in [3.05, 3.63) is 23.8 Å². The number of carbonyl (C=O) groups is 1. The average molecular weight is 198 g/mol. The summed E-state index contributed by atoms with van der Waals surface area (Å²) in [5.74, 6) is -1.11. The van der Waals surface area contributed by atoms with Gasteiger partial charge in [-0.3, -0.25) is 0 Å². The van der Waals surface area contributed by atoms with E-state index >= 15 is 0 Å². The molecule has 0 amide bonds. The monoisotopic (exact) mass is 198 g/mol. The Hall–Kier alpha value is -1.75. The molecule has 0 saturated carbocycles. The van der Waals surface area contributed by atoms with Gasteiger partial charge in [-0.15, -0.1) is 0 Å². The van der Waals surface area contributed by atoms with Gasteiger partial charge in [0.25, 0.3) is 0 Å². The number of esters is 1. The Kier molecular flexibility index (Phi) is 3.30. The molecule has 0 bridgehead atoms. The molecule has 0 aliphatic heterocycles. The highest BCUT2D eigenvalue weighted by Gasteiger charge is 2.12. The number of ether oxygens (including phenoxy) is 2. The minimum atomic E-state index is -0.750. The summed E-state index contributed by atoms with van der Waals surface area (Å²) in [6.07, 6.45) is 0. The van der Waals surface area contributed by atoms with Crippen LogP contribution in [0.2, 0.25) is 0 Å². The van der Waals surface area contributed by atoms with E-state index in [0.717, 1.165) is 6.07 Å². The predicted molar refractivity (Wildman–Crippen MR) is 47.1 cm³/mol. The van der Waals surface area contributed by atoms with Gasteiger partial charge in [-0.25, -0.2) is 4.79 Å². The third-order valence-electron chi connectivity index (χ3n) is 1.51. The quantitative estimate of drug-likeness (QED) is 0.428. The fourth-order valence-electron chi connectivity index (χ4n) is 0.878. The largest absolute Gasteiger partial charge is 0.508 e. The smallest absolute Gasteiger partial charge is 0.344 e. The van der Waals surface area contributed by atoms with Gasteiger partial charge < -0.3 is 19.7 Å². The Morgan fingerprint density at radius 2 is 2.14 bits per heavy atom. The summed E-state index contributed by atoms with van der Waals surface area (Å²) in [4.78, 5) is 11.2. The van der Waals surface area contributed by atoms with E-state index in [4.69, 9.17) is 5.11 Å². The molecule has 5 heteroatoms. The minimum Gasteiger partial charge on any atom is -0.508 e. The van der Waals surface area contributed by atoms with Gasteiger partial charge in [0.2, 0.25) is 0 Å². The van der Waals surface area contributed by atoms with Gasteiger partial charge in [0.05, 0.1) is 0 Å². The molecular formula is C9H10O5. The first-order chi connectivity index (χ1) is 6.65. The summed E-state index contributed by atoms with van der Waals surface area (Å²) in [6, 6.07) is 3.59. The van der Waals surface area contributed by atoms with Crippen molar-refractivity contribution in [3.8, 4) is 11.5 Å². The van der Waals surface area contributed by atoms with E-state index in [-0.39, 0.29) is 23.9 Å². The standard InChI is InChI=1S/C9H10O5/c1-13-5-14-9(12)7-4-6(10)2-3-8(7)11/h2-4,10-11H,5H2,1H3. The number of benzene rings is 1. The molecule has 0 fully saturated rings. The second kappa shape index (κ2) is 4.48. The lowest BCUT2D eigenvalue weighted by Crippen LogP contribution is -2.07. The second-order valence-corrected chi connectivity index (χ2v) is 2.54. The van der Waals surface area contributed by atoms with Crippen LogP contribution in [0.5, 0.6) is 11.5 Å². The first kappa shape index (κ1) is 10.3. The van der Waals surface area contributed by atoms with Crippen LogP contribution in [-0.2, 0) is 9.47 Å². The van der Waals surface area contributed by atoms with E-state index < -0.39 is 5.97 Å². The number of phenolic OH excluding ortho intramolecular Hbond substituents is 2. The van der Waals surface area contributed by atoms with Crippen LogP contribution >= 0.6 is 0 Å². The van der Waals surface area contributed by atoms with Crippen LogP contribution in [0, 0.1) is 0 Å². The van der Waals surface area contributed by atoms with E-state index in [1.807, 2.05) is 0 Å². The fourth-order valence-corrected chi connectivity index (χ4v) is 0.878. The highest BCUT2D eigenvalue weighted by atomic mass is 16.7. The zero-order valence-corrected chi connectivity index (χ0v) is 7.56. The van der Waals surface area contributed by atoms with Crippen molar-refractivity contribution >= 4 is 5.97 Å². The Morgan fingerprint density at radius 1 is 1.43 bits per heavy atom. The van der Waals surface area contributed by atoms with Crippen molar-refractivity contribution in [2.45, 2.75) is 0 Å². The molecule has 0 unspecified atom stereocenters. The van der Waals surface area contributed by atoms with E-state index in [1.54, 1.807) is 0 Å². The molecule has 1 rings (SSSR count). The summed E-state index contributed by atoms with van der Waals surface area (Å²) in [5.41, 5.74) is -0.0953. The number of phenols is 2. The molecule has 0 saturated heterocycles. The second-order valence-electron chi connectivity index (χ2n) is 2.54. The Balaban J connectivity index is 2.83. The normalized spacial score (nSPS) is 9.79. The molecule has 0 heterocycles. The summed E-state index contributed by atoms with van der Waals surface area (Å²) >= 11 is 0. The van der Waals surface area contributed by atoms with Gasteiger partial charge in [0, 0.05) is 7.11 Å². The van der Waals surface area contributed by atoms with Crippen LogP contribution in [0.25, 0.3) is 0 Å². The van der Waals surface area contributed by atoms with E-state index in [0.29, 0.717) is 0 Å². The average Bonchev–Trinajstić information content (AvgIpc) is 2.18. The van der Waals surface area contributed by atoms with Crippen molar-refractivity contribution in [2.24, 2.45) is 0 Å². The van der Waals surface area contributed by atoms with Crippen LogP contribution in [0.3, 0.4) is 0 Å². The van der Waals surface area contributed by atoms with Gasteiger partial charge in [0.1, 0.15) is 17.1 Å². The van der Waals surface area contributed by atoms with Crippen LogP contribution in [0.15, 0.2) is 18.2 Å². The molecule has 0 atom stereocenters. The predicted octanol–water partition coefficient (Wildman–Crippen LogP) is 0.859. The molecular weight excluding hydrogens is 188 g/mol. The third kappa shape index (κ3) is 2.37. The van der Waals surface area contributed by atoms with Crippen molar-refractivity contribution in [1.29, 1.82) is 0 Å². The Morgan fingerprint density at radius 3 is 2.79 bits per heavy atom. The molecule has 76 valence electrons. The molecule has 1 aromatic rings. The number of methoxy groups -OCH3 is 1. The van der Waals surface area contributed by atoms with Gasteiger partial charge in [-0.2, -0.15) is 0 Å². The highest BCUT2D eigenvalue weighted by molar-refractivity contribution is 5.92. The summed E-state index contributed by atoms with van der Waals surface area (Å²) in [7, 11) is 1.37. The highest BCUT2D eigenvalue weighted by Crippen LogP contribution is 2.22. The minimum absolute atomic E-state index is 0.0953. The maximum Gasteiger partial charge on any atom is 0.344 e. The maximum absolute atomic E-state index is 11.2. The van der Waals surface area contributed by atoms with Crippen molar-refractivity contribution < 1.29 is 24.5 Å². The van der Waals surface area contributed by atoms with Gasteiger partial charge in [0.15, 0.2) is 6.79 Å². The number of hydrogen-bond donors (Lipinski definition) is 2. The number of aromatic hydroxyl groups is 2. The fraction of sp³-hybridized carbons (Fsp3) is 0.222. The number of hydrogen-bond acceptors (Lipinski definition) is 5. The first-order valence-electron chi connectivity index (χ1n) is 3.83. The lowest BCUT2D eigenvalue weighted by Gasteiger charge is -2.05. The molecule has 1 aromatic carbocycles. The zero-order valence-electron chi connectivity index (χ0n) is 7.56. The van der Waals surface area contributed by atoms with E-state index in [9.17, 15) is 9.90 Å². The van der Waals surface area contributed by atoms with Crippen LogP contribution < -0.4 is 0 Å². The molecule has 5 nitrogen and oxygen atoms in total. The molecule has 2 N–H and O–H groups in total. The maximum atomic E-state index is 11.2. The van der Waals surface area contributed by atoms with E-state index in [1.165, 1.54) is 19.2 Å². The molecule has 0 aliphatic carbocycles. The number of carbonyl (C=O) groups excluding carboxylic acids is 1. The third-order valence-corrected chi connectivity index (χ3v) is 1.51. The van der Waals surface area contributed by atoms with Crippen LogP contribution in [0.4, 0.5) is 0 Å². The first-order valence-corrected chi connectivity index (χ1v) is 3.83. The molecule has 0 aromatic heterocycles.